The van der Waals surface area contributed by atoms with Crippen LogP contribution in [-0.4, -0.2) is 20.9 Å². The van der Waals surface area contributed by atoms with Crippen molar-refractivity contribution in [3.05, 3.63) is 105 Å². The van der Waals surface area contributed by atoms with E-state index in [0.717, 1.165) is 11.8 Å². The molecule has 0 bridgehead atoms. The summed E-state index contributed by atoms with van der Waals surface area (Å²) in [5.74, 6) is 0.304. The van der Waals surface area contributed by atoms with Gasteiger partial charge in [0.25, 0.3) is 11.6 Å². The van der Waals surface area contributed by atoms with E-state index in [1.807, 2.05) is 6.07 Å². The summed E-state index contributed by atoms with van der Waals surface area (Å²) in [6.07, 6.45) is 0. The lowest BCUT2D eigenvalue weighted by Crippen LogP contribution is -2.39. The molecule has 0 spiro atoms. The molecule has 2 aliphatic heterocycles. The predicted octanol–water partition coefficient (Wildman–Crippen LogP) is 4.88. The van der Waals surface area contributed by atoms with Crippen LogP contribution in [0.3, 0.4) is 0 Å². The van der Waals surface area contributed by atoms with Gasteiger partial charge in [-0.3, -0.25) is 19.8 Å². The van der Waals surface area contributed by atoms with Crippen LogP contribution in [0, 0.1) is 21.4 Å². The van der Waals surface area contributed by atoms with E-state index in [4.69, 9.17) is 10.2 Å². The minimum absolute atomic E-state index is 0.110. The molecule has 11 heteroatoms. The van der Waals surface area contributed by atoms with E-state index < -0.39 is 16.9 Å². The van der Waals surface area contributed by atoms with Crippen LogP contribution in [0.2, 0.25) is 0 Å². The zero-order valence-corrected chi connectivity index (χ0v) is 19.7. The number of allylic oxidation sites excluding steroid dienone is 2. The molecule has 2 aromatic carbocycles. The monoisotopic (exact) mass is 498 g/mol. The van der Waals surface area contributed by atoms with Gasteiger partial charge in [0.05, 0.1) is 21.8 Å². The number of anilines is 1. The van der Waals surface area contributed by atoms with Crippen LogP contribution in [0.1, 0.15) is 18.7 Å². The van der Waals surface area contributed by atoms with Crippen LogP contribution in [0.15, 0.2) is 98.1 Å². The number of amidine groups is 1. The number of amides is 1. The molecular weight excluding hydrogens is 480 g/mol. The SMILES string of the molecule is CC1=C(C(=O)Nc2ccccc2)[C@H](c2ccc(-c3ccccc3[N+](=O)[O-])o2)N2C(=N1)SC(C#N)=C2N. The number of furan rings is 1. The summed E-state index contributed by atoms with van der Waals surface area (Å²) in [5, 5.41) is 24.4. The first-order chi connectivity index (χ1) is 17.4. The molecule has 3 heterocycles. The minimum Gasteiger partial charge on any atom is -0.458 e. The number of carbonyl (C=O) groups excluding carboxylic acids is 1. The summed E-state index contributed by atoms with van der Waals surface area (Å²) in [5.41, 5.74) is 7.79. The van der Waals surface area contributed by atoms with Crippen LogP contribution >= 0.6 is 11.8 Å². The largest absolute Gasteiger partial charge is 0.458 e. The topological polar surface area (TPSA) is 151 Å². The number of hydrogen-bond donors (Lipinski definition) is 2. The van der Waals surface area contributed by atoms with E-state index >= 15 is 0 Å². The van der Waals surface area contributed by atoms with Gasteiger partial charge in [0.15, 0.2) is 5.17 Å². The Kier molecular flexibility index (Phi) is 5.79. The molecule has 1 aromatic heterocycles. The van der Waals surface area contributed by atoms with Gasteiger partial charge in [-0.1, -0.05) is 30.3 Å². The first-order valence-corrected chi connectivity index (χ1v) is 11.6. The van der Waals surface area contributed by atoms with Crippen molar-refractivity contribution in [3.8, 4) is 17.4 Å². The second kappa shape index (κ2) is 9.09. The average Bonchev–Trinajstić information content (AvgIpc) is 3.48. The Morgan fingerprint density at radius 3 is 2.64 bits per heavy atom. The van der Waals surface area contributed by atoms with Gasteiger partial charge < -0.3 is 15.5 Å². The van der Waals surface area contributed by atoms with E-state index in [-0.39, 0.29) is 27.7 Å². The normalized spacial score (nSPS) is 16.9. The fraction of sp³-hybridized carbons (Fsp3) is 0.0800. The lowest BCUT2D eigenvalue weighted by atomic mass is 9.98. The third-order valence-corrected chi connectivity index (χ3v) is 6.69. The fourth-order valence-corrected chi connectivity index (χ4v) is 5.02. The van der Waals surface area contributed by atoms with Crippen LogP contribution < -0.4 is 11.1 Å². The molecule has 1 atom stereocenters. The Hall–Kier alpha value is -4.82. The van der Waals surface area contributed by atoms with Gasteiger partial charge in [0, 0.05) is 11.8 Å². The predicted molar refractivity (Wildman–Crippen MR) is 135 cm³/mol. The number of nitro benzene ring substituents is 1. The molecule has 5 rings (SSSR count). The molecule has 0 fully saturated rings. The molecule has 0 unspecified atom stereocenters. The molecule has 0 saturated heterocycles. The molecule has 2 aliphatic rings. The molecular formula is C25H18N6O4S. The molecule has 0 radical (unpaired) electrons. The second-order valence-corrected chi connectivity index (χ2v) is 8.87. The Morgan fingerprint density at radius 2 is 1.92 bits per heavy atom. The molecule has 178 valence electrons. The molecule has 0 aliphatic carbocycles. The molecule has 3 aromatic rings. The maximum Gasteiger partial charge on any atom is 0.280 e. The van der Waals surface area contributed by atoms with Gasteiger partial charge in [-0.2, -0.15) is 5.26 Å². The highest BCUT2D eigenvalue weighted by atomic mass is 32.2. The van der Waals surface area contributed by atoms with Crippen molar-refractivity contribution in [2.24, 2.45) is 10.7 Å². The number of benzene rings is 2. The van der Waals surface area contributed by atoms with Crippen molar-refractivity contribution in [2.75, 3.05) is 5.32 Å². The highest BCUT2D eigenvalue weighted by Gasteiger charge is 2.43. The summed E-state index contributed by atoms with van der Waals surface area (Å²) in [6, 6.07) is 19.6. The summed E-state index contributed by atoms with van der Waals surface area (Å²) in [4.78, 5) is 30.9. The lowest BCUT2D eigenvalue weighted by Gasteiger charge is -2.33. The number of hydrogen-bond acceptors (Lipinski definition) is 9. The smallest absolute Gasteiger partial charge is 0.280 e. The van der Waals surface area contributed by atoms with Crippen LogP contribution in [-0.2, 0) is 4.79 Å². The van der Waals surface area contributed by atoms with Gasteiger partial charge >= 0.3 is 0 Å². The maximum absolute atomic E-state index is 13.5. The Bertz CT molecular complexity index is 1530. The number of thioether (sulfide) groups is 1. The van der Waals surface area contributed by atoms with Crippen LogP contribution in [0.25, 0.3) is 11.3 Å². The molecule has 10 nitrogen and oxygen atoms in total. The Balaban J connectivity index is 1.62. The molecule has 3 N–H and O–H groups in total. The Morgan fingerprint density at radius 1 is 1.19 bits per heavy atom. The number of para-hydroxylation sites is 2. The van der Waals surface area contributed by atoms with E-state index in [2.05, 4.69) is 16.4 Å². The van der Waals surface area contributed by atoms with Gasteiger partial charge in [0.1, 0.15) is 34.4 Å². The van der Waals surface area contributed by atoms with Crippen molar-refractivity contribution in [1.82, 2.24) is 4.90 Å². The molecule has 0 saturated carbocycles. The quantitative estimate of drug-likeness (QED) is 0.373. The highest BCUT2D eigenvalue weighted by molar-refractivity contribution is 8.17. The van der Waals surface area contributed by atoms with Crippen molar-refractivity contribution in [2.45, 2.75) is 13.0 Å². The summed E-state index contributed by atoms with van der Waals surface area (Å²) in [6.45, 7) is 1.70. The number of aliphatic imine (C=N–C) groups is 1. The number of nitrogens with two attached hydrogens (primary N) is 1. The summed E-state index contributed by atoms with van der Waals surface area (Å²) < 4.78 is 6.12. The third-order valence-electron chi connectivity index (χ3n) is 5.72. The highest BCUT2D eigenvalue weighted by Crippen LogP contribution is 2.46. The number of nitrogens with zero attached hydrogens (tertiary/aromatic N) is 4. The first kappa shape index (κ1) is 22.9. The summed E-state index contributed by atoms with van der Waals surface area (Å²) in [7, 11) is 0. The maximum atomic E-state index is 13.5. The zero-order chi connectivity index (χ0) is 25.4. The first-order valence-electron chi connectivity index (χ1n) is 10.8. The van der Waals surface area contributed by atoms with Gasteiger partial charge in [0.2, 0.25) is 0 Å². The number of nitrogens with one attached hydrogen (secondary N) is 1. The lowest BCUT2D eigenvalue weighted by molar-refractivity contribution is -0.384. The van der Waals surface area contributed by atoms with Crippen LogP contribution in [0.5, 0.6) is 0 Å². The number of fused-ring (bicyclic) bond motifs is 1. The third kappa shape index (κ3) is 3.89. The second-order valence-electron chi connectivity index (χ2n) is 7.89. The standard InChI is InChI=1S/C25H18N6O4S/c1-14-21(24(32)29-15-7-3-2-4-8-15)22(30-23(27)20(13-26)36-25(30)28-14)19-12-11-18(35-19)16-9-5-6-10-17(16)31(33)34/h2-12,22H,27H2,1H3,(H,29,32)/t22-/m0/s1. The number of rotatable bonds is 5. The van der Waals surface area contributed by atoms with E-state index in [0.29, 0.717) is 27.9 Å². The van der Waals surface area contributed by atoms with Gasteiger partial charge in [-0.25, -0.2) is 4.99 Å². The number of nitro groups is 1. The number of nitriles is 1. The van der Waals surface area contributed by atoms with Crippen molar-refractivity contribution < 1.29 is 14.1 Å². The van der Waals surface area contributed by atoms with Crippen molar-refractivity contribution in [1.29, 1.82) is 5.26 Å². The molecule has 36 heavy (non-hydrogen) atoms. The number of carbonyl (C=O) groups is 1. The van der Waals surface area contributed by atoms with Gasteiger partial charge in [-0.05, 0) is 49.0 Å². The van der Waals surface area contributed by atoms with E-state index in [9.17, 15) is 20.2 Å². The average molecular weight is 499 g/mol. The van der Waals surface area contributed by atoms with Gasteiger partial charge in [-0.15, -0.1) is 0 Å². The Labute approximate surface area is 209 Å². The zero-order valence-electron chi connectivity index (χ0n) is 18.8. The fourth-order valence-electron chi connectivity index (χ4n) is 4.11. The summed E-state index contributed by atoms with van der Waals surface area (Å²) >= 11 is 1.10. The van der Waals surface area contributed by atoms with Crippen molar-refractivity contribution >= 4 is 34.2 Å². The van der Waals surface area contributed by atoms with Crippen molar-refractivity contribution in [3.63, 3.8) is 0 Å². The van der Waals surface area contributed by atoms with Crippen LogP contribution in [0.4, 0.5) is 11.4 Å². The van der Waals surface area contributed by atoms with E-state index in [1.165, 1.54) is 6.07 Å². The minimum atomic E-state index is -0.851. The van der Waals surface area contributed by atoms with E-state index in [1.54, 1.807) is 66.4 Å². The molecule has 1 amide bonds.